The molecule has 2 rings (SSSR count). The molecule has 0 aliphatic heterocycles. The van der Waals surface area contributed by atoms with Crippen LogP contribution < -0.4 is 0 Å². The van der Waals surface area contributed by atoms with Crippen LogP contribution in [0.15, 0.2) is 42.5 Å². The van der Waals surface area contributed by atoms with Crippen LogP contribution in [0.2, 0.25) is 0 Å². The second kappa shape index (κ2) is 6.32. The minimum Gasteiger partial charge on any atom is -0.0683 e. The van der Waals surface area contributed by atoms with Crippen LogP contribution in [-0.2, 0) is 6.42 Å². The molecule has 0 heteroatoms. The van der Waals surface area contributed by atoms with Gasteiger partial charge >= 0.3 is 0 Å². The Hall–Kier alpha value is -1.30. The van der Waals surface area contributed by atoms with Gasteiger partial charge in [-0.25, -0.2) is 0 Å². The van der Waals surface area contributed by atoms with Gasteiger partial charge < -0.3 is 0 Å². The van der Waals surface area contributed by atoms with Gasteiger partial charge in [-0.1, -0.05) is 70.2 Å². The second-order valence-corrected chi connectivity index (χ2v) is 4.28. The maximum atomic E-state index is 2.30. The molecule has 0 heterocycles. The zero-order valence-electron chi connectivity index (χ0n) is 10.8. The summed E-state index contributed by atoms with van der Waals surface area (Å²) in [5, 5.41) is 2.69. The smallest absolute Gasteiger partial charge is 0.0181 e. The zero-order chi connectivity index (χ0) is 12.0. The van der Waals surface area contributed by atoms with Crippen LogP contribution in [0.3, 0.4) is 0 Å². The molecular weight excluding hydrogens is 192 g/mol. The van der Waals surface area contributed by atoms with E-state index in [1.807, 2.05) is 13.8 Å². The molecule has 0 aromatic heterocycles. The minimum absolute atomic E-state index is 0.733. The van der Waals surface area contributed by atoms with Crippen molar-refractivity contribution >= 4 is 10.8 Å². The Labute approximate surface area is 99.3 Å². The minimum atomic E-state index is 0.733. The molecule has 0 fully saturated rings. The topological polar surface area (TPSA) is 0 Å². The number of fused-ring (bicyclic) bond motifs is 1. The molecule has 0 spiro atoms. The van der Waals surface area contributed by atoms with E-state index in [9.17, 15) is 0 Å². The Morgan fingerprint density at radius 1 is 0.875 bits per heavy atom. The molecule has 0 bridgehead atoms. The van der Waals surface area contributed by atoms with Gasteiger partial charge in [0.05, 0.1) is 0 Å². The fourth-order valence-corrected chi connectivity index (χ4v) is 1.84. The van der Waals surface area contributed by atoms with Gasteiger partial charge in [0.25, 0.3) is 0 Å². The third kappa shape index (κ3) is 3.37. The van der Waals surface area contributed by atoms with E-state index in [0.29, 0.717) is 0 Å². The molecule has 0 atom stereocenters. The van der Waals surface area contributed by atoms with E-state index in [-0.39, 0.29) is 0 Å². The van der Waals surface area contributed by atoms with Crippen molar-refractivity contribution < 1.29 is 0 Å². The van der Waals surface area contributed by atoms with Crippen LogP contribution >= 0.6 is 0 Å². The van der Waals surface area contributed by atoms with Gasteiger partial charge in [0.2, 0.25) is 0 Å². The Bertz CT molecular complexity index is 427. The summed E-state index contributed by atoms with van der Waals surface area (Å²) in [4.78, 5) is 0. The Morgan fingerprint density at radius 2 is 1.50 bits per heavy atom. The van der Waals surface area contributed by atoms with Gasteiger partial charge in [0.15, 0.2) is 0 Å². The summed E-state index contributed by atoms with van der Waals surface area (Å²) in [7, 11) is 0. The van der Waals surface area contributed by atoms with Crippen LogP contribution in [0.4, 0.5) is 0 Å². The first-order valence-corrected chi connectivity index (χ1v) is 6.23. The lowest BCUT2D eigenvalue weighted by molar-refractivity contribution is 0.648. The summed E-state index contributed by atoms with van der Waals surface area (Å²) in [6, 6.07) is 15.3. The van der Waals surface area contributed by atoms with Crippen LogP contribution in [-0.4, -0.2) is 0 Å². The van der Waals surface area contributed by atoms with Gasteiger partial charge in [0, 0.05) is 0 Å². The molecule has 16 heavy (non-hydrogen) atoms. The summed E-state index contributed by atoms with van der Waals surface area (Å²) in [5.74, 6) is 0.733. The summed E-state index contributed by atoms with van der Waals surface area (Å²) in [6.45, 7) is 8.52. The van der Waals surface area contributed by atoms with Crippen molar-refractivity contribution in [2.24, 2.45) is 5.92 Å². The van der Waals surface area contributed by atoms with Crippen LogP contribution in [0.25, 0.3) is 10.8 Å². The third-order valence-electron chi connectivity index (χ3n) is 2.46. The van der Waals surface area contributed by atoms with Crippen LogP contribution in [0.1, 0.15) is 33.3 Å². The predicted molar refractivity (Wildman–Crippen MR) is 73.8 cm³/mol. The van der Waals surface area contributed by atoms with Crippen molar-refractivity contribution in [3.05, 3.63) is 48.0 Å². The van der Waals surface area contributed by atoms with Crippen LogP contribution in [0.5, 0.6) is 0 Å². The zero-order valence-corrected chi connectivity index (χ0v) is 10.8. The van der Waals surface area contributed by atoms with E-state index in [1.165, 1.54) is 22.8 Å². The first-order chi connectivity index (χ1) is 7.75. The normalized spacial score (nSPS) is 10.1. The molecule has 0 aliphatic rings. The lowest BCUT2D eigenvalue weighted by Gasteiger charge is -2.06. The molecule has 86 valence electrons. The molecule has 2 aromatic rings. The Kier molecular flexibility index (Phi) is 5.04. The van der Waals surface area contributed by atoms with Gasteiger partial charge in [-0.2, -0.15) is 0 Å². The molecule has 2 aromatic carbocycles. The predicted octanol–water partition coefficient (Wildman–Crippen LogP) is 5.06. The van der Waals surface area contributed by atoms with Gasteiger partial charge in [0.1, 0.15) is 0 Å². The van der Waals surface area contributed by atoms with Gasteiger partial charge in [-0.05, 0) is 28.7 Å². The van der Waals surface area contributed by atoms with Crippen molar-refractivity contribution in [2.45, 2.75) is 34.1 Å². The molecule has 0 radical (unpaired) electrons. The first-order valence-electron chi connectivity index (χ1n) is 6.23. The molecule has 0 aliphatic carbocycles. The van der Waals surface area contributed by atoms with E-state index >= 15 is 0 Å². The summed E-state index contributed by atoms with van der Waals surface area (Å²) in [5.41, 5.74) is 1.44. The quantitative estimate of drug-likeness (QED) is 0.655. The van der Waals surface area contributed by atoms with Gasteiger partial charge in [-0.3, -0.25) is 0 Å². The molecule has 0 amide bonds. The molecule has 0 saturated heterocycles. The highest BCUT2D eigenvalue weighted by Gasteiger charge is 1.98. The van der Waals surface area contributed by atoms with Crippen molar-refractivity contribution in [3.63, 3.8) is 0 Å². The SMILES string of the molecule is CC.CC(C)Cc1ccc2ccccc2c1. The van der Waals surface area contributed by atoms with Crippen LogP contribution in [0, 0.1) is 5.92 Å². The maximum absolute atomic E-state index is 2.30. The number of rotatable bonds is 2. The fourth-order valence-electron chi connectivity index (χ4n) is 1.84. The molecule has 0 unspecified atom stereocenters. The average Bonchev–Trinajstić information content (AvgIpc) is 2.31. The van der Waals surface area contributed by atoms with E-state index in [4.69, 9.17) is 0 Å². The standard InChI is InChI=1S/C14H16.C2H6/c1-11(2)9-12-7-8-13-5-3-4-6-14(13)10-12;1-2/h3-8,10-11H,9H2,1-2H3;1-2H3. The largest absolute Gasteiger partial charge is 0.0683 e. The number of hydrogen-bond acceptors (Lipinski definition) is 0. The Morgan fingerprint density at radius 3 is 2.12 bits per heavy atom. The van der Waals surface area contributed by atoms with E-state index in [0.717, 1.165) is 5.92 Å². The first kappa shape index (κ1) is 12.8. The summed E-state index contributed by atoms with van der Waals surface area (Å²) >= 11 is 0. The monoisotopic (exact) mass is 214 g/mol. The number of hydrogen-bond donors (Lipinski definition) is 0. The van der Waals surface area contributed by atoms with Crippen molar-refractivity contribution in [1.29, 1.82) is 0 Å². The number of benzene rings is 2. The fraction of sp³-hybridized carbons (Fsp3) is 0.375. The average molecular weight is 214 g/mol. The molecule has 0 N–H and O–H groups in total. The molecule has 0 saturated carbocycles. The molecule has 0 nitrogen and oxygen atoms in total. The van der Waals surface area contributed by atoms with Crippen molar-refractivity contribution in [2.75, 3.05) is 0 Å². The van der Waals surface area contributed by atoms with E-state index in [1.54, 1.807) is 0 Å². The Balaban J connectivity index is 0.000000606. The second-order valence-electron chi connectivity index (χ2n) is 4.28. The molecular formula is C16H22. The van der Waals surface area contributed by atoms with Crippen molar-refractivity contribution in [3.8, 4) is 0 Å². The van der Waals surface area contributed by atoms with Gasteiger partial charge in [-0.15, -0.1) is 0 Å². The highest BCUT2D eigenvalue weighted by atomic mass is 14.0. The van der Waals surface area contributed by atoms with Crippen molar-refractivity contribution in [1.82, 2.24) is 0 Å². The maximum Gasteiger partial charge on any atom is -0.0181 e. The summed E-state index contributed by atoms with van der Waals surface area (Å²) in [6.07, 6.45) is 1.17. The third-order valence-corrected chi connectivity index (χ3v) is 2.46. The highest BCUT2D eigenvalue weighted by Crippen LogP contribution is 2.17. The highest BCUT2D eigenvalue weighted by molar-refractivity contribution is 5.82. The lowest BCUT2D eigenvalue weighted by Crippen LogP contribution is -1.93. The lowest BCUT2D eigenvalue weighted by atomic mass is 10.00. The van der Waals surface area contributed by atoms with E-state index in [2.05, 4.69) is 56.3 Å². The van der Waals surface area contributed by atoms with E-state index < -0.39 is 0 Å². The summed E-state index contributed by atoms with van der Waals surface area (Å²) < 4.78 is 0.